The van der Waals surface area contributed by atoms with E-state index in [0.717, 1.165) is 12.8 Å². The molecule has 0 heterocycles. The Hall–Kier alpha value is -1.59. The number of nitrogens with one attached hydrogen (secondary N) is 2. The Kier molecular flexibility index (Phi) is 5.98. The summed E-state index contributed by atoms with van der Waals surface area (Å²) in [6.07, 6.45) is 2.90. The van der Waals surface area contributed by atoms with Gasteiger partial charge in [-0.05, 0) is 12.8 Å². The number of carbonyl (C=O) groups is 3. The fourth-order valence-corrected chi connectivity index (χ4v) is 2.48. The number of rotatable bonds is 7. The molecule has 0 aromatic heterocycles. The molecular formula is C14H24N2O4. The van der Waals surface area contributed by atoms with Crippen molar-refractivity contribution in [3.05, 3.63) is 0 Å². The third-order valence-electron chi connectivity index (χ3n) is 3.78. The van der Waals surface area contributed by atoms with Gasteiger partial charge in [-0.15, -0.1) is 0 Å². The van der Waals surface area contributed by atoms with Crippen LogP contribution in [0, 0.1) is 11.3 Å². The molecule has 2 amide bonds. The van der Waals surface area contributed by atoms with E-state index in [0.29, 0.717) is 25.9 Å². The van der Waals surface area contributed by atoms with E-state index in [2.05, 4.69) is 10.6 Å². The normalized spacial score (nSPS) is 16.9. The molecule has 0 unspecified atom stereocenters. The molecule has 0 aliphatic heterocycles. The molecule has 6 heteroatoms. The Balaban J connectivity index is 2.29. The smallest absolute Gasteiger partial charge is 0.310 e. The summed E-state index contributed by atoms with van der Waals surface area (Å²) in [7, 11) is 0. The molecule has 1 aliphatic rings. The maximum atomic E-state index is 11.8. The van der Waals surface area contributed by atoms with Gasteiger partial charge in [0.2, 0.25) is 11.8 Å². The van der Waals surface area contributed by atoms with Crippen molar-refractivity contribution in [1.29, 1.82) is 0 Å². The fraction of sp³-hybridized carbons (Fsp3) is 0.786. The lowest BCUT2D eigenvalue weighted by Crippen LogP contribution is -2.39. The van der Waals surface area contributed by atoms with Gasteiger partial charge in [-0.1, -0.05) is 26.7 Å². The van der Waals surface area contributed by atoms with E-state index in [1.807, 2.05) is 0 Å². The van der Waals surface area contributed by atoms with Crippen LogP contribution in [0.4, 0.5) is 0 Å². The number of hydrogen-bond acceptors (Lipinski definition) is 3. The van der Waals surface area contributed by atoms with Crippen LogP contribution in [0.1, 0.15) is 46.0 Å². The zero-order valence-electron chi connectivity index (χ0n) is 12.2. The molecule has 1 rings (SSSR count). The van der Waals surface area contributed by atoms with E-state index in [1.165, 1.54) is 0 Å². The van der Waals surface area contributed by atoms with Crippen LogP contribution in [-0.4, -0.2) is 36.0 Å². The lowest BCUT2D eigenvalue weighted by atomic mass is 9.82. The first-order valence-corrected chi connectivity index (χ1v) is 7.15. The zero-order valence-corrected chi connectivity index (χ0v) is 12.2. The summed E-state index contributed by atoms with van der Waals surface area (Å²) in [5, 5.41) is 14.6. The third kappa shape index (κ3) is 4.51. The first-order valence-electron chi connectivity index (χ1n) is 7.15. The number of aliphatic carboxylic acids is 1. The Bertz CT molecular complexity index is 373. The second kappa shape index (κ2) is 7.26. The van der Waals surface area contributed by atoms with Crippen LogP contribution in [0.15, 0.2) is 0 Å². The van der Waals surface area contributed by atoms with Crippen LogP contribution in [0.25, 0.3) is 0 Å². The molecule has 1 saturated carbocycles. The highest BCUT2D eigenvalue weighted by atomic mass is 16.4. The highest BCUT2D eigenvalue weighted by Crippen LogP contribution is 2.41. The van der Waals surface area contributed by atoms with Crippen molar-refractivity contribution in [3.63, 3.8) is 0 Å². The lowest BCUT2D eigenvalue weighted by molar-refractivity contribution is -0.151. The van der Waals surface area contributed by atoms with E-state index in [1.54, 1.807) is 13.8 Å². The van der Waals surface area contributed by atoms with E-state index in [4.69, 9.17) is 0 Å². The fourth-order valence-electron chi connectivity index (χ4n) is 2.48. The van der Waals surface area contributed by atoms with Crippen LogP contribution in [0.2, 0.25) is 0 Å². The molecule has 0 aromatic rings. The van der Waals surface area contributed by atoms with E-state index in [-0.39, 0.29) is 24.2 Å². The molecule has 0 aromatic carbocycles. The average Bonchev–Trinajstić information content (AvgIpc) is 2.84. The van der Waals surface area contributed by atoms with Crippen molar-refractivity contribution in [3.8, 4) is 0 Å². The molecule has 114 valence electrons. The SMILES string of the molecule is CC(C)C(=O)NCCNC(=O)CC1(C(=O)O)CCCC1. The van der Waals surface area contributed by atoms with Crippen molar-refractivity contribution < 1.29 is 19.5 Å². The van der Waals surface area contributed by atoms with Gasteiger partial charge < -0.3 is 15.7 Å². The summed E-state index contributed by atoms with van der Waals surface area (Å²) in [6.45, 7) is 4.28. The van der Waals surface area contributed by atoms with Gasteiger partial charge >= 0.3 is 5.97 Å². The Morgan fingerprint density at radius 3 is 2.15 bits per heavy atom. The monoisotopic (exact) mass is 284 g/mol. The number of carboxylic acids is 1. The predicted octanol–water partition coefficient (Wildman–Crippen LogP) is 0.910. The zero-order chi connectivity index (χ0) is 15.2. The lowest BCUT2D eigenvalue weighted by Gasteiger charge is -2.22. The minimum atomic E-state index is -0.884. The summed E-state index contributed by atoms with van der Waals surface area (Å²) < 4.78 is 0. The molecule has 0 radical (unpaired) electrons. The van der Waals surface area contributed by atoms with Gasteiger partial charge in [-0.3, -0.25) is 14.4 Å². The van der Waals surface area contributed by atoms with Gasteiger partial charge in [0, 0.05) is 25.4 Å². The third-order valence-corrected chi connectivity index (χ3v) is 3.78. The number of carbonyl (C=O) groups excluding carboxylic acids is 2. The summed E-state index contributed by atoms with van der Waals surface area (Å²) in [6, 6.07) is 0. The first-order chi connectivity index (χ1) is 9.37. The summed E-state index contributed by atoms with van der Waals surface area (Å²) in [5.74, 6) is -1.28. The molecule has 3 N–H and O–H groups in total. The topological polar surface area (TPSA) is 95.5 Å². The average molecular weight is 284 g/mol. The molecule has 0 atom stereocenters. The van der Waals surface area contributed by atoms with E-state index in [9.17, 15) is 19.5 Å². The van der Waals surface area contributed by atoms with E-state index < -0.39 is 11.4 Å². The van der Waals surface area contributed by atoms with Gasteiger partial charge in [-0.25, -0.2) is 0 Å². The summed E-state index contributed by atoms with van der Waals surface area (Å²) in [4.78, 5) is 34.4. The minimum Gasteiger partial charge on any atom is -0.481 e. The Morgan fingerprint density at radius 2 is 1.65 bits per heavy atom. The highest BCUT2D eigenvalue weighted by Gasteiger charge is 2.42. The van der Waals surface area contributed by atoms with Crippen molar-refractivity contribution in [1.82, 2.24) is 10.6 Å². The minimum absolute atomic E-state index is 0.0282. The summed E-state index contributed by atoms with van der Waals surface area (Å²) >= 11 is 0. The second-order valence-electron chi connectivity index (χ2n) is 5.77. The van der Waals surface area contributed by atoms with Gasteiger partial charge in [-0.2, -0.15) is 0 Å². The quantitative estimate of drug-likeness (QED) is 0.605. The Labute approximate surface area is 119 Å². The molecular weight excluding hydrogens is 260 g/mol. The van der Waals surface area contributed by atoms with Crippen molar-refractivity contribution in [2.75, 3.05) is 13.1 Å². The van der Waals surface area contributed by atoms with Gasteiger partial charge in [0.05, 0.1) is 5.41 Å². The van der Waals surface area contributed by atoms with Crippen molar-refractivity contribution in [2.24, 2.45) is 11.3 Å². The standard InChI is InChI=1S/C14H24N2O4/c1-10(2)12(18)16-8-7-15-11(17)9-14(13(19)20)5-3-4-6-14/h10H,3-9H2,1-2H3,(H,15,17)(H,16,18)(H,19,20). The Morgan fingerprint density at radius 1 is 1.10 bits per heavy atom. The summed E-state index contributed by atoms with van der Waals surface area (Å²) in [5.41, 5.74) is -0.884. The van der Waals surface area contributed by atoms with Gasteiger partial charge in [0.1, 0.15) is 0 Å². The van der Waals surface area contributed by atoms with Gasteiger partial charge in [0.15, 0.2) is 0 Å². The first kappa shape index (κ1) is 16.5. The maximum absolute atomic E-state index is 11.8. The largest absolute Gasteiger partial charge is 0.481 e. The van der Waals surface area contributed by atoms with Gasteiger partial charge in [0.25, 0.3) is 0 Å². The molecule has 20 heavy (non-hydrogen) atoms. The molecule has 0 bridgehead atoms. The van der Waals surface area contributed by atoms with Crippen molar-refractivity contribution in [2.45, 2.75) is 46.0 Å². The van der Waals surface area contributed by atoms with Crippen molar-refractivity contribution >= 4 is 17.8 Å². The van der Waals surface area contributed by atoms with Crippen LogP contribution in [0.5, 0.6) is 0 Å². The molecule has 1 aliphatic carbocycles. The molecule has 0 saturated heterocycles. The molecule has 1 fully saturated rings. The van der Waals surface area contributed by atoms with Crippen LogP contribution < -0.4 is 10.6 Å². The van der Waals surface area contributed by atoms with Crippen LogP contribution in [0.3, 0.4) is 0 Å². The maximum Gasteiger partial charge on any atom is 0.310 e. The molecule has 6 nitrogen and oxygen atoms in total. The second-order valence-corrected chi connectivity index (χ2v) is 5.77. The van der Waals surface area contributed by atoms with E-state index >= 15 is 0 Å². The van der Waals surface area contributed by atoms with Crippen LogP contribution in [-0.2, 0) is 14.4 Å². The number of amides is 2. The predicted molar refractivity (Wildman–Crippen MR) is 74.0 cm³/mol. The van der Waals surface area contributed by atoms with Crippen LogP contribution >= 0.6 is 0 Å². The number of carboxylic acid groups (broad SMARTS) is 1. The highest BCUT2D eigenvalue weighted by molar-refractivity contribution is 5.85. The number of hydrogen-bond donors (Lipinski definition) is 3. The molecule has 0 spiro atoms.